The summed E-state index contributed by atoms with van der Waals surface area (Å²) in [7, 11) is 0. The number of hydrogen-bond donors (Lipinski definition) is 1. The van der Waals surface area contributed by atoms with Crippen LogP contribution in [0.2, 0.25) is 0 Å². The summed E-state index contributed by atoms with van der Waals surface area (Å²) in [6, 6.07) is 11.4. The zero-order chi connectivity index (χ0) is 19.0. The summed E-state index contributed by atoms with van der Waals surface area (Å²) in [5.74, 6) is 0.503. The van der Waals surface area contributed by atoms with Crippen LogP contribution >= 0.6 is 0 Å². The van der Waals surface area contributed by atoms with E-state index in [2.05, 4.69) is 39.2 Å². The van der Waals surface area contributed by atoms with Gasteiger partial charge in [0.05, 0.1) is 11.3 Å². The third kappa shape index (κ3) is 3.46. The van der Waals surface area contributed by atoms with Crippen LogP contribution in [-0.2, 0) is 0 Å². The lowest BCUT2D eigenvalue weighted by Crippen LogP contribution is -2.57. The van der Waals surface area contributed by atoms with Crippen LogP contribution in [0.4, 0.5) is 5.69 Å². The summed E-state index contributed by atoms with van der Waals surface area (Å²) in [5.41, 5.74) is 2.07. The van der Waals surface area contributed by atoms with Gasteiger partial charge in [-0.1, -0.05) is 12.8 Å². The van der Waals surface area contributed by atoms with E-state index in [1.165, 1.54) is 37.8 Å². The zero-order valence-corrected chi connectivity index (χ0v) is 16.7. The van der Waals surface area contributed by atoms with Crippen LogP contribution in [0.15, 0.2) is 42.7 Å². The number of benzene rings is 1. The highest BCUT2D eigenvalue weighted by Gasteiger charge is 2.44. The van der Waals surface area contributed by atoms with Crippen LogP contribution in [0.1, 0.15) is 44.9 Å². The second-order valence-electron chi connectivity index (χ2n) is 8.98. The molecule has 0 bridgehead atoms. The van der Waals surface area contributed by atoms with Gasteiger partial charge in [0.1, 0.15) is 0 Å². The predicted octanol–water partition coefficient (Wildman–Crippen LogP) is 3.47. The lowest BCUT2D eigenvalue weighted by atomic mass is 9.71. The fraction of sp³-hybridized carbons (Fsp3) is 0.609. The van der Waals surface area contributed by atoms with E-state index in [0.29, 0.717) is 12.0 Å². The van der Waals surface area contributed by atoms with E-state index in [0.717, 1.165) is 44.7 Å². The Morgan fingerprint density at radius 1 is 0.929 bits per heavy atom. The van der Waals surface area contributed by atoms with E-state index in [1.807, 2.05) is 23.1 Å². The average Bonchev–Trinajstić information content (AvgIpc) is 3.28. The summed E-state index contributed by atoms with van der Waals surface area (Å²) in [6.07, 6.45) is 12.0. The maximum absolute atomic E-state index is 10.9. The normalized spacial score (nSPS) is 29.6. The second kappa shape index (κ2) is 7.53. The van der Waals surface area contributed by atoms with Gasteiger partial charge >= 0.3 is 0 Å². The number of piperidine rings is 2. The summed E-state index contributed by atoms with van der Waals surface area (Å²) in [4.78, 5) is 5.22. The molecule has 3 heterocycles. The molecule has 150 valence electrons. The van der Waals surface area contributed by atoms with Gasteiger partial charge in [-0.3, -0.25) is 4.90 Å². The maximum atomic E-state index is 10.9. The first kappa shape index (κ1) is 18.2. The molecule has 0 amide bonds. The Hall–Kier alpha value is -1.85. The number of aromatic nitrogens is 2. The molecule has 0 radical (unpaired) electrons. The Labute approximate surface area is 168 Å². The Bertz CT molecular complexity index is 766. The van der Waals surface area contributed by atoms with Crippen molar-refractivity contribution < 1.29 is 5.11 Å². The van der Waals surface area contributed by atoms with Crippen LogP contribution in [-0.4, -0.2) is 57.6 Å². The highest BCUT2D eigenvalue weighted by Crippen LogP contribution is 2.41. The smallest absolute Gasteiger partial charge is 0.0700 e. The molecule has 1 aromatic carbocycles. The number of likely N-dealkylation sites (tertiary alicyclic amines) is 1. The first-order valence-corrected chi connectivity index (χ1v) is 11.0. The van der Waals surface area contributed by atoms with E-state index < -0.39 is 0 Å². The van der Waals surface area contributed by atoms with Crippen molar-refractivity contribution in [1.82, 2.24) is 14.7 Å². The van der Waals surface area contributed by atoms with Crippen molar-refractivity contribution >= 4 is 5.69 Å². The molecule has 3 aliphatic rings. The van der Waals surface area contributed by atoms with E-state index >= 15 is 0 Å². The third-order valence-corrected chi connectivity index (χ3v) is 7.42. The first-order valence-electron chi connectivity index (χ1n) is 11.0. The molecule has 3 fully saturated rings. The average molecular weight is 381 g/mol. The van der Waals surface area contributed by atoms with Crippen molar-refractivity contribution in [3.05, 3.63) is 42.7 Å². The van der Waals surface area contributed by atoms with Gasteiger partial charge in [-0.15, -0.1) is 0 Å². The summed E-state index contributed by atoms with van der Waals surface area (Å²) in [6.45, 7) is 4.43. The van der Waals surface area contributed by atoms with Crippen molar-refractivity contribution in [2.24, 2.45) is 5.92 Å². The molecule has 5 nitrogen and oxygen atoms in total. The number of aliphatic hydroxyl groups is 1. The monoisotopic (exact) mass is 380 g/mol. The lowest BCUT2D eigenvalue weighted by Gasteiger charge is -2.50. The molecule has 28 heavy (non-hydrogen) atoms. The predicted molar refractivity (Wildman–Crippen MR) is 112 cm³/mol. The SMILES string of the molecule is OC12CCCCC1CN(C1CCN(c3ccc(-n4cccn4)cc3)CC1)CC2. The summed E-state index contributed by atoms with van der Waals surface area (Å²) >= 11 is 0. The van der Waals surface area contributed by atoms with Crippen molar-refractivity contribution in [3.8, 4) is 5.69 Å². The van der Waals surface area contributed by atoms with Crippen molar-refractivity contribution in [2.75, 3.05) is 31.1 Å². The molecule has 1 aliphatic carbocycles. The van der Waals surface area contributed by atoms with Gasteiger partial charge in [-0.2, -0.15) is 5.10 Å². The van der Waals surface area contributed by atoms with Gasteiger partial charge in [0.2, 0.25) is 0 Å². The van der Waals surface area contributed by atoms with Crippen LogP contribution in [0.5, 0.6) is 0 Å². The minimum absolute atomic E-state index is 0.355. The Morgan fingerprint density at radius 3 is 2.46 bits per heavy atom. The van der Waals surface area contributed by atoms with Crippen molar-refractivity contribution in [2.45, 2.75) is 56.6 Å². The van der Waals surface area contributed by atoms with Crippen LogP contribution in [0.3, 0.4) is 0 Å². The molecule has 2 atom stereocenters. The van der Waals surface area contributed by atoms with E-state index in [9.17, 15) is 5.11 Å². The maximum Gasteiger partial charge on any atom is 0.0700 e. The van der Waals surface area contributed by atoms with E-state index in [4.69, 9.17) is 0 Å². The van der Waals surface area contributed by atoms with Gasteiger partial charge in [0.15, 0.2) is 0 Å². The molecule has 2 aliphatic heterocycles. The molecular weight excluding hydrogens is 348 g/mol. The number of hydrogen-bond acceptors (Lipinski definition) is 4. The van der Waals surface area contributed by atoms with Crippen LogP contribution in [0, 0.1) is 5.92 Å². The minimum Gasteiger partial charge on any atom is -0.390 e. The molecule has 5 heteroatoms. The van der Waals surface area contributed by atoms with Gasteiger partial charge in [-0.05, 0) is 62.4 Å². The van der Waals surface area contributed by atoms with Crippen LogP contribution in [0.25, 0.3) is 5.69 Å². The van der Waals surface area contributed by atoms with Crippen LogP contribution < -0.4 is 4.90 Å². The van der Waals surface area contributed by atoms with E-state index in [1.54, 1.807) is 0 Å². The highest BCUT2D eigenvalue weighted by atomic mass is 16.3. The first-order chi connectivity index (χ1) is 13.7. The van der Waals surface area contributed by atoms with E-state index in [-0.39, 0.29) is 5.60 Å². The summed E-state index contributed by atoms with van der Waals surface area (Å²) in [5, 5.41) is 15.3. The number of rotatable bonds is 3. The zero-order valence-electron chi connectivity index (χ0n) is 16.7. The molecule has 0 spiro atoms. The Kier molecular flexibility index (Phi) is 4.89. The Balaban J connectivity index is 1.18. The molecule has 2 aromatic rings. The molecule has 5 rings (SSSR count). The van der Waals surface area contributed by atoms with Gasteiger partial charge in [0.25, 0.3) is 0 Å². The highest BCUT2D eigenvalue weighted by molar-refractivity contribution is 5.51. The Morgan fingerprint density at radius 2 is 1.71 bits per heavy atom. The topological polar surface area (TPSA) is 44.5 Å². The molecule has 1 saturated carbocycles. The summed E-state index contributed by atoms with van der Waals surface area (Å²) < 4.78 is 1.90. The standard InChI is InChI=1S/C23H32N4O/c28-23-11-2-1-4-19(23)18-26(17-12-23)21-9-15-25(16-10-21)20-5-7-22(8-6-20)27-14-3-13-24-27/h3,5-8,13-14,19,21,28H,1-2,4,9-12,15-18H2. The number of anilines is 1. The largest absolute Gasteiger partial charge is 0.390 e. The number of nitrogens with zero attached hydrogens (tertiary/aromatic N) is 4. The van der Waals surface area contributed by atoms with Gasteiger partial charge < -0.3 is 10.0 Å². The molecule has 1 N–H and O–H groups in total. The quantitative estimate of drug-likeness (QED) is 0.886. The number of fused-ring (bicyclic) bond motifs is 1. The van der Waals surface area contributed by atoms with Crippen molar-refractivity contribution in [3.63, 3.8) is 0 Å². The fourth-order valence-corrected chi connectivity index (χ4v) is 5.66. The second-order valence-corrected chi connectivity index (χ2v) is 8.98. The van der Waals surface area contributed by atoms with Gasteiger partial charge in [-0.25, -0.2) is 4.68 Å². The van der Waals surface area contributed by atoms with Gasteiger partial charge in [0, 0.05) is 56.2 Å². The fourth-order valence-electron chi connectivity index (χ4n) is 5.66. The van der Waals surface area contributed by atoms with Crippen molar-refractivity contribution in [1.29, 1.82) is 0 Å². The molecule has 1 aromatic heterocycles. The lowest BCUT2D eigenvalue weighted by molar-refractivity contribution is -0.104. The molecular formula is C23H32N4O. The minimum atomic E-state index is -0.355. The molecule has 2 unspecified atom stereocenters. The third-order valence-electron chi connectivity index (χ3n) is 7.42. The molecule has 2 saturated heterocycles.